The fourth-order valence-electron chi connectivity index (χ4n) is 7.78. The Kier molecular flexibility index (Phi) is 10.5. The fourth-order valence-corrected chi connectivity index (χ4v) is 7.78. The molecule has 270 valence electrons. The molecule has 0 bridgehead atoms. The summed E-state index contributed by atoms with van der Waals surface area (Å²) < 4.78 is 0. The fraction of sp³-hybridized carbons (Fsp3) is 0.0417. The second-order valence-electron chi connectivity index (χ2n) is 13.4. The van der Waals surface area contributed by atoms with Gasteiger partial charge in [0, 0.05) is 24.2 Å². The van der Waals surface area contributed by atoms with Gasteiger partial charge >= 0.3 is 40.8 Å². The van der Waals surface area contributed by atoms with Gasteiger partial charge in [0.2, 0.25) is 13.3 Å². The van der Waals surface area contributed by atoms with Gasteiger partial charge in [0.15, 0.2) is 0 Å². The van der Waals surface area contributed by atoms with E-state index in [1.165, 1.54) is 32.7 Å². The number of anilines is 6. The van der Waals surface area contributed by atoms with E-state index in [4.69, 9.17) is 0 Å². The first-order valence-corrected chi connectivity index (χ1v) is 25.1. The maximum absolute atomic E-state index is 3.81. The third-order valence-electron chi connectivity index (χ3n) is 10.2. The van der Waals surface area contributed by atoms with Crippen LogP contribution in [0.4, 0.5) is 34.1 Å². The molecule has 0 aromatic heterocycles. The summed E-state index contributed by atoms with van der Waals surface area (Å²) in [5, 5.41) is 4.75. The molecule has 0 aliphatic carbocycles. The van der Waals surface area contributed by atoms with Crippen molar-refractivity contribution in [3.8, 4) is 11.1 Å². The van der Waals surface area contributed by atoms with Crippen LogP contribution in [0.2, 0.25) is 0 Å². The Morgan fingerprint density at radius 2 is 0.709 bits per heavy atom. The monoisotopic (exact) mass is 930 g/mol. The summed E-state index contributed by atoms with van der Waals surface area (Å²) in [5.74, 6) is 0. The maximum Gasteiger partial charge on any atom is 0.214 e. The predicted octanol–water partition coefficient (Wildman–Crippen LogP) is 13.7. The van der Waals surface area contributed by atoms with Crippen molar-refractivity contribution in [1.82, 2.24) is 0 Å². The van der Waals surface area contributed by atoms with E-state index in [1.54, 1.807) is 0 Å². The van der Waals surface area contributed by atoms with Gasteiger partial charge in [-0.3, -0.25) is 0 Å². The van der Waals surface area contributed by atoms with Crippen LogP contribution in [0.15, 0.2) is 182 Å². The van der Waals surface area contributed by atoms with Gasteiger partial charge in [-0.05, 0) is 69.1 Å². The van der Waals surface area contributed by atoms with E-state index in [0.29, 0.717) is 13.9 Å². The average Bonchev–Trinajstić information content (AvgIpc) is 3.79. The first kappa shape index (κ1) is 35.8. The molecule has 0 fully saturated rings. The van der Waals surface area contributed by atoms with E-state index in [2.05, 4.69) is 242 Å². The molecule has 0 amide bonds. The molecule has 0 saturated heterocycles. The Morgan fingerprint density at radius 1 is 0.364 bits per heavy atom. The predicted molar refractivity (Wildman–Crippen MR) is 234 cm³/mol. The van der Waals surface area contributed by atoms with Crippen LogP contribution in [0, 0.1) is 13.3 Å². The van der Waals surface area contributed by atoms with Crippen LogP contribution in [0.1, 0.15) is 11.1 Å². The molecule has 2 heterocycles. The van der Waals surface area contributed by atoms with Crippen molar-refractivity contribution in [2.45, 2.75) is 13.1 Å². The largest absolute Gasteiger partial charge is 0.335 e. The Labute approximate surface area is 344 Å². The van der Waals surface area contributed by atoms with Crippen LogP contribution >= 0.6 is 26.9 Å². The van der Waals surface area contributed by atoms with Crippen molar-refractivity contribution in [3.05, 3.63) is 206 Å². The van der Waals surface area contributed by atoms with Gasteiger partial charge in [-0.1, -0.05) is 146 Å². The molecule has 0 spiro atoms. The first-order chi connectivity index (χ1) is 27.2. The minimum absolute atomic E-state index is 0.575. The number of halogens is 2. The van der Waals surface area contributed by atoms with Gasteiger partial charge < -0.3 is 19.6 Å². The number of fused-ring (bicyclic) bond motifs is 4. The number of benzene rings is 8. The van der Waals surface area contributed by atoms with Crippen LogP contribution in [0.25, 0.3) is 32.7 Å². The van der Waals surface area contributed by atoms with E-state index >= 15 is 0 Å². The van der Waals surface area contributed by atoms with Crippen LogP contribution < -0.4 is 19.6 Å². The third-order valence-corrected chi connectivity index (χ3v) is 10.2. The van der Waals surface area contributed by atoms with Gasteiger partial charge in [0.1, 0.15) is 0 Å². The molecule has 7 heteroatoms. The Morgan fingerprint density at radius 3 is 1.13 bits per heavy atom. The SMILES string of the molecule is [Br][Pd][Br].[C]1N(Cc2ccccc2)c2ccccc2N1c1ccc2ccccc2c1-c1c(N2[C]N(Cc3ccccc3)c3ccccc32)ccc2ccccc12. The number of hydrogen-bond acceptors (Lipinski definition) is 4. The second-order valence-corrected chi connectivity index (χ2v) is 20.6. The molecule has 8 aromatic rings. The van der Waals surface area contributed by atoms with Crippen molar-refractivity contribution >= 4 is 82.5 Å². The van der Waals surface area contributed by atoms with Gasteiger partial charge in [-0.15, -0.1) is 0 Å². The Balaban J connectivity index is 0.00000128. The van der Waals surface area contributed by atoms with Crippen molar-refractivity contribution in [3.63, 3.8) is 0 Å². The zero-order chi connectivity index (χ0) is 37.1. The molecular weight excluding hydrogens is 899 g/mol. The smallest absolute Gasteiger partial charge is 0.214 e. The molecular formula is C48H34Br2N4Pd. The van der Waals surface area contributed by atoms with Gasteiger partial charge in [0.25, 0.3) is 0 Å². The molecule has 0 unspecified atom stereocenters. The minimum Gasteiger partial charge on any atom is -0.335 e. The average molecular weight is 933 g/mol. The maximum atomic E-state index is 3.81. The molecule has 4 radical (unpaired) electrons. The number of nitrogens with zero attached hydrogens (tertiary/aromatic N) is 4. The van der Waals surface area contributed by atoms with E-state index in [0.717, 1.165) is 58.3 Å². The summed E-state index contributed by atoms with van der Waals surface area (Å²) >= 11 is 6.80. The molecule has 2 aliphatic heterocycles. The summed E-state index contributed by atoms with van der Waals surface area (Å²) in [5.41, 5.74) is 11.4. The van der Waals surface area contributed by atoms with Crippen LogP contribution in [-0.2, 0) is 27.0 Å². The summed E-state index contributed by atoms with van der Waals surface area (Å²) in [6.45, 7) is 9.07. The molecule has 8 aromatic carbocycles. The molecule has 0 saturated carbocycles. The summed E-state index contributed by atoms with van der Waals surface area (Å²) in [7, 11) is 0. The molecule has 4 nitrogen and oxygen atoms in total. The van der Waals surface area contributed by atoms with E-state index < -0.39 is 0 Å². The number of rotatable bonds is 7. The van der Waals surface area contributed by atoms with Crippen molar-refractivity contribution in [1.29, 1.82) is 0 Å². The van der Waals surface area contributed by atoms with Crippen molar-refractivity contribution < 1.29 is 13.9 Å². The molecule has 2 aliphatic rings. The van der Waals surface area contributed by atoms with Gasteiger partial charge in [-0.25, -0.2) is 0 Å². The topological polar surface area (TPSA) is 13.0 Å². The second kappa shape index (κ2) is 16.1. The summed E-state index contributed by atoms with van der Waals surface area (Å²) in [6.07, 6.45) is 0. The van der Waals surface area contributed by atoms with Crippen LogP contribution in [0.3, 0.4) is 0 Å². The normalized spacial score (nSPS) is 13.3. The van der Waals surface area contributed by atoms with Crippen LogP contribution in [-0.4, -0.2) is 0 Å². The molecule has 10 rings (SSSR count). The van der Waals surface area contributed by atoms with E-state index in [-0.39, 0.29) is 0 Å². The zero-order valence-corrected chi connectivity index (χ0v) is 34.3. The van der Waals surface area contributed by atoms with Crippen molar-refractivity contribution in [2.75, 3.05) is 19.6 Å². The zero-order valence-electron chi connectivity index (χ0n) is 29.6. The number of hydrogen-bond donors (Lipinski definition) is 0. The Bertz CT molecular complexity index is 2420. The molecule has 55 heavy (non-hydrogen) atoms. The third kappa shape index (κ3) is 6.96. The molecule has 0 atom stereocenters. The summed E-state index contributed by atoms with van der Waals surface area (Å²) in [6, 6.07) is 65.1. The van der Waals surface area contributed by atoms with Crippen molar-refractivity contribution in [2.24, 2.45) is 0 Å². The van der Waals surface area contributed by atoms with Gasteiger partial charge in [0.05, 0.1) is 34.1 Å². The number of para-hydroxylation sites is 4. The standard InChI is InChI=1S/C48H34N4.2BrH.Pd/c1-3-15-35(16-4-1)31-49-33-51(43-25-13-11-23-41(43)49)45-29-27-37-19-7-9-21-39(37)47(45)48-40-22-10-8-20-38(40)28-30-46(48)52-34-50(32-36-17-5-2-6-18-36)42-24-12-14-26-44(42)52;;;/h1-30H,31-32H2;2*1H;/q;;;+2/p-2. The summed E-state index contributed by atoms with van der Waals surface area (Å²) in [4.78, 5) is 9.01. The Hall–Kier alpha value is -4.90. The van der Waals surface area contributed by atoms with Crippen LogP contribution in [0.5, 0.6) is 0 Å². The first-order valence-electron chi connectivity index (χ1n) is 18.0. The van der Waals surface area contributed by atoms with Gasteiger partial charge in [-0.2, -0.15) is 0 Å². The minimum atomic E-state index is 0.575. The quantitative estimate of drug-likeness (QED) is 0.148. The molecule has 0 N–H and O–H groups in total. The van der Waals surface area contributed by atoms with E-state index in [1.807, 2.05) is 0 Å². The van der Waals surface area contributed by atoms with E-state index in [9.17, 15) is 0 Å².